The van der Waals surface area contributed by atoms with Gasteiger partial charge in [-0.25, -0.2) is 19.2 Å². The van der Waals surface area contributed by atoms with E-state index in [9.17, 15) is 24.3 Å². The number of ether oxygens (including phenoxy) is 4. The van der Waals surface area contributed by atoms with Crippen LogP contribution >= 0.6 is 0 Å². The Morgan fingerprint density at radius 1 is 0.525 bits per heavy atom. The van der Waals surface area contributed by atoms with Gasteiger partial charge < -0.3 is 24.1 Å². The summed E-state index contributed by atoms with van der Waals surface area (Å²) in [5.41, 5.74) is 0.985. The first-order valence-electron chi connectivity index (χ1n) is 23.4. The molecule has 10 atom stereocenters. The van der Waals surface area contributed by atoms with Gasteiger partial charge >= 0.3 is 23.9 Å². The topological polar surface area (TPSA) is 125 Å². The van der Waals surface area contributed by atoms with Crippen LogP contribution < -0.4 is 0 Å². The van der Waals surface area contributed by atoms with Crippen molar-refractivity contribution in [2.24, 2.45) is 56.2 Å². The molecule has 12 fully saturated rings. The van der Waals surface area contributed by atoms with Gasteiger partial charge in [0.25, 0.3) is 0 Å². The zero-order valence-corrected chi connectivity index (χ0v) is 39.7. The largest absolute Gasteiger partial charge is 0.457 e. The lowest BCUT2D eigenvalue weighted by Crippen LogP contribution is -2.70. The van der Waals surface area contributed by atoms with E-state index >= 15 is 0 Å². The second kappa shape index (κ2) is 14.5. The molecular formula is C52H78O9. The maximum atomic E-state index is 12.2. The highest BCUT2D eigenvalue weighted by Crippen LogP contribution is 2.74. The Hall–Kier alpha value is -2.94. The second-order valence-corrected chi connectivity index (χ2v) is 25.4. The van der Waals surface area contributed by atoms with Crippen molar-refractivity contribution in [2.45, 2.75) is 201 Å². The molecule has 0 aromatic heterocycles. The number of carbonyl (C=O) groups is 4. The Morgan fingerprint density at radius 3 is 1.38 bits per heavy atom. The molecule has 0 aromatic carbocycles. The summed E-state index contributed by atoms with van der Waals surface area (Å²) in [6, 6.07) is 0. The molecule has 12 bridgehead atoms. The van der Waals surface area contributed by atoms with Gasteiger partial charge in [-0.05, 0) is 161 Å². The summed E-state index contributed by atoms with van der Waals surface area (Å²) in [7, 11) is 0. The van der Waals surface area contributed by atoms with Crippen molar-refractivity contribution in [2.75, 3.05) is 6.61 Å². The van der Waals surface area contributed by atoms with E-state index in [2.05, 4.69) is 75.1 Å². The summed E-state index contributed by atoms with van der Waals surface area (Å²) in [5, 5.41) is 11.0. The van der Waals surface area contributed by atoms with Crippen LogP contribution in [0.1, 0.15) is 179 Å². The van der Waals surface area contributed by atoms with Crippen LogP contribution in [0.2, 0.25) is 0 Å². The van der Waals surface area contributed by atoms with Crippen LogP contribution in [0, 0.1) is 56.2 Å². The molecule has 0 spiro atoms. The average Bonchev–Trinajstić information content (AvgIpc) is 3.05. The summed E-state index contributed by atoms with van der Waals surface area (Å²) in [6.07, 6.45) is 16.9. The summed E-state index contributed by atoms with van der Waals surface area (Å²) in [4.78, 5) is 47.6. The minimum absolute atomic E-state index is 0.0631. The predicted molar refractivity (Wildman–Crippen MR) is 235 cm³/mol. The van der Waals surface area contributed by atoms with Crippen molar-refractivity contribution in [1.82, 2.24) is 0 Å². The fourth-order valence-electron chi connectivity index (χ4n) is 17.9. The van der Waals surface area contributed by atoms with Crippen LogP contribution in [0.15, 0.2) is 36.5 Å². The molecule has 10 unspecified atom stereocenters. The highest BCUT2D eigenvalue weighted by Gasteiger charge is 2.71. The van der Waals surface area contributed by atoms with Crippen LogP contribution in [0.4, 0.5) is 0 Å². The van der Waals surface area contributed by atoms with Crippen molar-refractivity contribution in [3.63, 3.8) is 0 Å². The molecule has 9 nitrogen and oxygen atoms in total. The van der Waals surface area contributed by atoms with Crippen LogP contribution in [-0.4, -0.2) is 58.0 Å². The smallest absolute Gasteiger partial charge is 0.344 e. The highest BCUT2D eigenvalue weighted by atomic mass is 16.6. The Bertz CT molecular complexity index is 1760. The molecule has 0 heterocycles. The fourth-order valence-corrected chi connectivity index (χ4v) is 17.9. The summed E-state index contributed by atoms with van der Waals surface area (Å²) >= 11 is 0. The zero-order valence-electron chi connectivity index (χ0n) is 39.7. The normalized spacial score (nSPS) is 48.5. The van der Waals surface area contributed by atoms with E-state index in [1.165, 1.54) is 38.5 Å². The number of aliphatic hydroxyl groups is 1. The highest BCUT2D eigenvalue weighted by molar-refractivity contribution is 5.89. The predicted octanol–water partition coefficient (Wildman–Crippen LogP) is 10.7. The van der Waals surface area contributed by atoms with Gasteiger partial charge in [-0.15, -0.1) is 0 Å². The lowest BCUT2D eigenvalue weighted by Gasteiger charge is -2.71. The molecule has 0 amide bonds. The minimum atomic E-state index is -0.665. The molecule has 12 rings (SSSR count). The van der Waals surface area contributed by atoms with Crippen LogP contribution in [0.25, 0.3) is 0 Å². The van der Waals surface area contributed by atoms with Gasteiger partial charge in [0.1, 0.15) is 16.8 Å². The van der Waals surface area contributed by atoms with E-state index in [-0.39, 0.29) is 46.5 Å². The third kappa shape index (κ3) is 8.45. The van der Waals surface area contributed by atoms with Gasteiger partial charge in [-0.1, -0.05) is 75.1 Å². The van der Waals surface area contributed by atoms with Crippen LogP contribution in [0.3, 0.4) is 0 Å². The molecule has 1 N–H and O–H groups in total. The van der Waals surface area contributed by atoms with Gasteiger partial charge in [0.15, 0.2) is 6.61 Å². The Morgan fingerprint density at radius 2 is 0.951 bits per heavy atom. The first-order chi connectivity index (χ1) is 27.8. The van der Waals surface area contributed by atoms with Crippen molar-refractivity contribution in [1.29, 1.82) is 0 Å². The van der Waals surface area contributed by atoms with Gasteiger partial charge in [0.2, 0.25) is 0 Å². The van der Waals surface area contributed by atoms with E-state index < -0.39 is 23.1 Å². The molecular weight excluding hydrogens is 769 g/mol. The number of esters is 4. The van der Waals surface area contributed by atoms with Gasteiger partial charge in [0.05, 0.1) is 5.60 Å². The molecule has 12 aliphatic carbocycles. The molecule has 0 saturated heterocycles. The van der Waals surface area contributed by atoms with Crippen molar-refractivity contribution in [3.8, 4) is 0 Å². The SMILES string of the molecule is C=C(C)C(=O)OC12CC3(C)CC(C)(CC(C)(C3)C1C)C2.C=C(C)C(=O)OC12CC3(C)CC(O)(CC(C)(C3)C1C)C2.C=C(C)C(=O)OCC(=O)OC12CC3CC(CC(C)(C3)C1)C2. The molecule has 12 aliphatic rings. The van der Waals surface area contributed by atoms with Crippen molar-refractivity contribution in [3.05, 3.63) is 36.5 Å². The Balaban J connectivity index is 0.000000138. The molecule has 340 valence electrons. The molecule has 12 saturated carbocycles. The second-order valence-electron chi connectivity index (χ2n) is 25.4. The molecule has 9 heteroatoms. The third-order valence-electron chi connectivity index (χ3n) is 17.9. The number of rotatable bonds is 8. The maximum absolute atomic E-state index is 12.2. The summed E-state index contributed by atoms with van der Waals surface area (Å²) < 4.78 is 22.7. The van der Waals surface area contributed by atoms with E-state index in [0.717, 1.165) is 57.8 Å². The third-order valence-corrected chi connectivity index (χ3v) is 17.9. The molecule has 61 heavy (non-hydrogen) atoms. The monoisotopic (exact) mass is 847 g/mol. The molecule has 0 radical (unpaired) electrons. The van der Waals surface area contributed by atoms with Gasteiger partial charge in [-0.3, -0.25) is 0 Å². The van der Waals surface area contributed by atoms with E-state index in [1.807, 2.05) is 0 Å². The summed E-state index contributed by atoms with van der Waals surface area (Å²) in [6.45, 7) is 34.2. The zero-order chi connectivity index (χ0) is 45.2. The molecule has 0 aromatic rings. The summed E-state index contributed by atoms with van der Waals surface area (Å²) in [5.74, 6) is 0.652. The number of hydrogen-bond acceptors (Lipinski definition) is 9. The van der Waals surface area contributed by atoms with Crippen LogP contribution in [-0.2, 0) is 38.1 Å². The van der Waals surface area contributed by atoms with Crippen LogP contribution in [0.5, 0.6) is 0 Å². The van der Waals surface area contributed by atoms with E-state index in [4.69, 9.17) is 18.9 Å². The van der Waals surface area contributed by atoms with E-state index in [0.29, 0.717) is 62.6 Å². The average molecular weight is 847 g/mol. The first kappa shape index (κ1) is 46.1. The van der Waals surface area contributed by atoms with Gasteiger partial charge in [0, 0.05) is 35.0 Å². The Labute approximate surface area is 366 Å². The minimum Gasteiger partial charge on any atom is -0.457 e. The lowest BCUT2D eigenvalue weighted by molar-refractivity contribution is -0.285. The maximum Gasteiger partial charge on any atom is 0.344 e. The quantitative estimate of drug-likeness (QED) is 0.144. The fraction of sp³-hybridized carbons (Fsp3) is 0.808. The van der Waals surface area contributed by atoms with Crippen molar-refractivity contribution < 1.29 is 43.2 Å². The van der Waals surface area contributed by atoms with E-state index in [1.54, 1.807) is 20.8 Å². The molecule has 0 aliphatic heterocycles. The lowest BCUT2D eigenvalue weighted by atomic mass is 9.36. The number of carbonyl (C=O) groups excluding carboxylic acids is 4. The first-order valence-corrected chi connectivity index (χ1v) is 23.4. The van der Waals surface area contributed by atoms with Gasteiger partial charge in [-0.2, -0.15) is 0 Å². The number of hydrogen-bond donors (Lipinski definition) is 1. The Kier molecular flexibility index (Phi) is 11.0. The standard InChI is InChI=1S/C18H28O2.C17H24O4.C17H26O3/c1-12(2)14(19)20-18-10-15(4)7-16(5,11-18)9-17(6,8-15)13(18)3;1-11(2)15(19)20-9-14(18)21-17-7-12-4-13(8-17)6-16(3,5-12)10-17;1-11(2)13(18)20-17-8-14(4)6-15(5,12(17)3)9-16(19,7-14)10-17/h13H,1,7-11H2,2-6H3;12-13H,1,4-10H2,2-3H3;12,19H,1,6-10H2,2-5H3. The van der Waals surface area contributed by atoms with Crippen molar-refractivity contribution >= 4 is 23.9 Å².